The number of benzene rings is 2. The number of rotatable bonds is 5. The molecule has 0 aliphatic carbocycles. The van der Waals surface area contributed by atoms with E-state index in [1.807, 2.05) is 41.2 Å². The van der Waals surface area contributed by atoms with E-state index in [1.165, 1.54) is 11.3 Å². The molecule has 0 radical (unpaired) electrons. The molecule has 4 nitrogen and oxygen atoms in total. The Bertz CT molecular complexity index is 1140. The van der Waals surface area contributed by atoms with Crippen molar-refractivity contribution in [3.05, 3.63) is 103 Å². The van der Waals surface area contributed by atoms with Gasteiger partial charge in [0.05, 0.1) is 5.71 Å². The molecule has 0 N–H and O–H groups in total. The normalized spacial score (nSPS) is 13.3. The van der Waals surface area contributed by atoms with E-state index in [-0.39, 0.29) is 0 Å². The first-order valence-electron chi connectivity index (χ1n) is 9.63. The van der Waals surface area contributed by atoms with Crippen molar-refractivity contribution in [3.8, 4) is 5.82 Å². The van der Waals surface area contributed by atoms with Gasteiger partial charge in [0.2, 0.25) is 0 Å². The summed E-state index contributed by atoms with van der Waals surface area (Å²) in [6.45, 7) is 0. The second kappa shape index (κ2) is 7.97. The molecular weight excluding hydrogens is 376 g/mol. The molecule has 1 aliphatic heterocycles. The van der Waals surface area contributed by atoms with Crippen LogP contribution in [0.25, 0.3) is 5.82 Å². The minimum absolute atomic E-state index is 0.877. The summed E-state index contributed by atoms with van der Waals surface area (Å²) in [4.78, 5) is 7.14. The van der Waals surface area contributed by atoms with Crippen molar-refractivity contribution in [1.29, 1.82) is 0 Å². The molecule has 142 valence electrons. The quantitative estimate of drug-likeness (QED) is 0.378. The van der Waals surface area contributed by atoms with Crippen LogP contribution in [-0.4, -0.2) is 21.0 Å². The predicted molar refractivity (Wildman–Crippen MR) is 122 cm³/mol. The highest BCUT2D eigenvalue weighted by Crippen LogP contribution is 2.34. The molecule has 0 bridgehead atoms. The second-order valence-corrected chi connectivity index (χ2v) is 7.64. The SMILES string of the molecule is c1ccc(N(c2cccc(C3=NSCC3)c2)c2cccc(-n3cccc3)n2)cc1. The Morgan fingerprint density at radius 1 is 0.793 bits per heavy atom. The van der Waals surface area contributed by atoms with E-state index >= 15 is 0 Å². The largest absolute Gasteiger partial charge is 0.309 e. The van der Waals surface area contributed by atoms with Crippen molar-refractivity contribution in [2.45, 2.75) is 6.42 Å². The number of hydrogen-bond donors (Lipinski definition) is 0. The Hall–Kier alpha value is -3.31. The van der Waals surface area contributed by atoms with Gasteiger partial charge in [0.15, 0.2) is 0 Å². The third-order valence-electron chi connectivity index (χ3n) is 4.87. The molecule has 3 heterocycles. The third kappa shape index (κ3) is 3.69. The van der Waals surface area contributed by atoms with E-state index in [1.54, 1.807) is 11.9 Å². The van der Waals surface area contributed by atoms with Crippen LogP contribution in [0, 0.1) is 0 Å². The second-order valence-electron chi connectivity index (χ2n) is 6.79. The number of hydrogen-bond acceptors (Lipinski definition) is 4. The molecule has 1 aliphatic rings. The molecule has 0 amide bonds. The molecule has 2 aromatic carbocycles. The van der Waals surface area contributed by atoms with Gasteiger partial charge in [-0.05, 0) is 66.0 Å². The first kappa shape index (κ1) is 17.8. The van der Waals surface area contributed by atoms with Crippen LogP contribution in [0.1, 0.15) is 12.0 Å². The molecule has 0 spiro atoms. The molecule has 0 saturated heterocycles. The van der Waals surface area contributed by atoms with Crippen LogP contribution in [0.5, 0.6) is 0 Å². The Kier molecular flexibility index (Phi) is 4.88. The zero-order valence-electron chi connectivity index (χ0n) is 15.8. The van der Waals surface area contributed by atoms with Gasteiger partial charge < -0.3 is 4.57 Å². The van der Waals surface area contributed by atoms with E-state index in [9.17, 15) is 0 Å². The average Bonchev–Trinajstić information content (AvgIpc) is 3.50. The molecule has 2 aromatic heterocycles. The number of pyridine rings is 1. The van der Waals surface area contributed by atoms with Crippen molar-refractivity contribution in [2.24, 2.45) is 4.40 Å². The summed E-state index contributed by atoms with van der Waals surface area (Å²) in [6, 6.07) is 29.1. The molecule has 0 saturated carbocycles. The lowest BCUT2D eigenvalue weighted by Gasteiger charge is -2.25. The van der Waals surface area contributed by atoms with Gasteiger partial charge in [0.1, 0.15) is 11.6 Å². The zero-order chi connectivity index (χ0) is 19.5. The molecule has 0 atom stereocenters. The summed E-state index contributed by atoms with van der Waals surface area (Å²) in [5.41, 5.74) is 4.49. The number of aromatic nitrogens is 2. The lowest BCUT2D eigenvalue weighted by atomic mass is 10.1. The minimum Gasteiger partial charge on any atom is -0.309 e. The van der Waals surface area contributed by atoms with Crippen LogP contribution in [-0.2, 0) is 0 Å². The van der Waals surface area contributed by atoms with Crippen LogP contribution < -0.4 is 4.90 Å². The highest BCUT2D eigenvalue weighted by molar-refractivity contribution is 7.98. The minimum atomic E-state index is 0.877. The van der Waals surface area contributed by atoms with Crippen LogP contribution in [0.2, 0.25) is 0 Å². The van der Waals surface area contributed by atoms with Gasteiger partial charge >= 0.3 is 0 Å². The van der Waals surface area contributed by atoms with Gasteiger partial charge in [0, 0.05) is 35.9 Å². The van der Waals surface area contributed by atoms with Gasteiger partial charge in [-0.3, -0.25) is 4.90 Å². The molecule has 0 fully saturated rings. The lowest BCUT2D eigenvalue weighted by molar-refractivity contribution is 0.999. The van der Waals surface area contributed by atoms with E-state index < -0.39 is 0 Å². The fourth-order valence-corrected chi connectivity index (χ4v) is 4.22. The zero-order valence-corrected chi connectivity index (χ0v) is 16.7. The van der Waals surface area contributed by atoms with E-state index in [0.29, 0.717) is 0 Å². The van der Waals surface area contributed by atoms with Gasteiger partial charge in [-0.2, -0.15) is 0 Å². The monoisotopic (exact) mass is 396 g/mol. The first-order chi connectivity index (χ1) is 14.4. The fourth-order valence-electron chi connectivity index (χ4n) is 3.49. The van der Waals surface area contributed by atoms with Crippen LogP contribution in [0.4, 0.5) is 17.2 Å². The smallest absolute Gasteiger partial charge is 0.140 e. The molecule has 5 rings (SSSR count). The molecular formula is C24H20N4S. The Morgan fingerprint density at radius 2 is 1.59 bits per heavy atom. The maximum absolute atomic E-state index is 4.95. The molecule has 4 aromatic rings. The predicted octanol–water partition coefficient (Wildman–Crippen LogP) is 6.18. The van der Waals surface area contributed by atoms with Gasteiger partial charge in [-0.25, -0.2) is 9.38 Å². The first-order valence-corrected chi connectivity index (χ1v) is 10.6. The summed E-state index contributed by atoms with van der Waals surface area (Å²) >= 11 is 1.64. The molecule has 0 unspecified atom stereocenters. The summed E-state index contributed by atoms with van der Waals surface area (Å²) in [6.07, 6.45) is 5.03. The van der Waals surface area contributed by atoms with Crippen molar-refractivity contribution >= 4 is 34.9 Å². The lowest BCUT2D eigenvalue weighted by Crippen LogP contribution is -2.13. The van der Waals surface area contributed by atoms with Crippen LogP contribution in [0.15, 0.2) is 102 Å². The van der Waals surface area contributed by atoms with E-state index in [2.05, 4.69) is 70.0 Å². The summed E-state index contributed by atoms with van der Waals surface area (Å²) in [5, 5.41) is 0. The maximum atomic E-state index is 4.95. The summed E-state index contributed by atoms with van der Waals surface area (Å²) in [7, 11) is 0. The standard InChI is InChI=1S/C24H20N4S/c1-2-9-20(10-3-1)28(21-11-6-8-19(18-21)22-14-17-29-26-22)24-13-7-12-23(25-24)27-15-4-5-16-27/h1-13,15-16,18H,14,17H2. The Morgan fingerprint density at radius 3 is 2.38 bits per heavy atom. The van der Waals surface area contributed by atoms with Crippen molar-refractivity contribution in [3.63, 3.8) is 0 Å². The van der Waals surface area contributed by atoms with Gasteiger partial charge in [-0.15, -0.1) is 0 Å². The van der Waals surface area contributed by atoms with Crippen LogP contribution >= 0.6 is 11.9 Å². The van der Waals surface area contributed by atoms with Crippen molar-refractivity contribution in [2.75, 3.05) is 10.7 Å². The number of nitrogens with zero attached hydrogens (tertiary/aromatic N) is 4. The number of para-hydroxylation sites is 1. The van der Waals surface area contributed by atoms with Crippen LogP contribution in [0.3, 0.4) is 0 Å². The summed E-state index contributed by atoms with van der Waals surface area (Å²) < 4.78 is 6.62. The average molecular weight is 397 g/mol. The topological polar surface area (TPSA) is 33.4 Å². The fraction of sp³-hybridized carbons (Fsp3) is 0.0833. The van der Waals surface area contributed by atoms with E-state index in [4.69, 9.17) is 4.98 Å². The maximum Gasteiger partial charge on any atom is 0.140 e. The Balaban J connectivity index is 1.62. The number of anilines is 3. The highest BCUT2D eigenvalue weighted by atomic mass is 32.2. The highest BCUT2D eigenvalue weighted by Gasteiger charge is 2.17. The van der Waals surface area contributed by atoms with Crippen molar-refractivity contribution in [1.82, 2.24) is 9.55 Å². The molecule has 29 heavy (non-hydrogen) atoms. The molecule has 5 heteroatoms. The van der Waals surface area contributed by atoms with E-state index in [0.717, 1.165) is 35.2 Å². The van der Waals surface area contributed by atoms with Gasteiger partial charge in [0.25, 0.3) is 0 Å². The van der Waals surface area contributed by atoms with Gasteiger partial charge in [-0.1, -0.05) is 36.4 Å². The Labute approximate surface area is 174 Å². The van der Waals surface area contributed by atoms with Crippen molar-refractivity contribution < 1.29 is 0 Å². The third-order valence-corrected chi connectivity index (χ3v) is 5.61. The summed E-state index contributed by atoms with van der Waals surface area (Å²) in [5.74, 6) is 2.83.